The first-order valence-corrected chi connectivity index (χ1v) is 10.00. The monoisotopic (exact) mass is 416 g/mol. The third kappa shape index (κ3) is 6.34. The van der Waals surface area contributed by atoms with Gasteiger partial charge >= 0.3 is 5.97 Å². The Kier molecular flexibility index (Phi) is 8.42. The van der Waals surface area contributed by atoms with E-state index in [0.29, 0.717) is 24.2 Å². The van der Waals surface area contributed by atoms with E-state index in [1.807, 2.05) is 37.3 Å². The molecule has 138 valence electrons. The quantitative estimate of drug-likeness (QED) is 0.305. The van der Waals surface area contributed by atoms with Crippen LogP contribution in [0.25, 0.3) is 5.57 Å². The van der Waals surface area contributed by atoms with Crippen molar-refractivity contribution in [2.45, 2.75) is 32.6 Å². The maximum atomic E-state index is 11.6. The van der Waals surface area contributed by atoms with Crippen molar-refractivity contribution < 1.29 is 14.6 Å². The van der Waals surface area contributed by atoms with Crippen LogP contribution in [-0.2, 0) is 11.2 Å². The Bertz CT molecular complexity index is 721. The van der Waals surface area contributed by atoms with Gasteiger partial charge in [0.2, 0.25) is 0 Å². The Balaban J connectivity index is 1.85. The molecule has 0 radical (unpaired) electrons. The largest absolute Gasteiger partial charge is 0.494 e. The molecule has 0 unspecified atom stereocenters. The van der Waals surface area contributed by atoms with Gasteiger partial charge in [-0.05, 0) is 55.9 Å². The molecule has 1 N–H and O–H groups in total. The van der Waals surface area contributed by atoms with E-state index in [9.17, 15) is 9.90 Å². The summed E-state index contributed by atoms with van der Waals surface area (Å²) < 4.78 is 5.78. The second-order valence-electron chi connectivity index (χ2n) is 6.22. The molecule has 0 aliphatic carbocycles. The maximum absolute atomic E-state index is 11.6. The molecule has 2 aromatic rings. The minimum absolute atomic E-state index is 0.374. The van der Waals surface area contributed by atoms with E-state index < -0.39 is 5.97 Å². The normalized spacial score (nSPS) is 11.8. The van der Waals surface area contributed by atoms with Crippen LogP contribution >= 0.6 is 15.9 Å². The van der Waals surface area contributed by atoms with E-state index in [1.54, 1.807) is 0 Å². The highest BCUT2D eigenvalue weighted by atomic mass is 79.9. The van der Waals surface area contributed by atoms with Crippen molar-refractivity contribution in [3.63, 3.8) is 0 Å². The SMILES string of the molecule is C/C(CCBr)=C(\C(=O)O)c1ccc(OCCCCc2ccccc2)cc1. The zero-order valence-corrected chi connectivity index (χ0v) is 16.7. The Labute approximate surface area is 163 Å². The lowest BCUT2D eigenvalue weighted by atomic mass is 9.99. The van der Waals surface area contributed by atoms with Crippen molar-refractivity contribution in [3.05, 3.63) is 71.3 Å². The van der Waals surface area contributed by atoms with Crippen molar-refractivity contribution in [3.8, 4) is 5.75 Å². The molecular formula is C22H25BrO3. The van der Waals surface area contributed by atoms with Gasteiger partial charge in [-0.1, -0.05) is 64.0 Å². The summed E-state index contributed by atoms with van der Waals surface area (Å²) in [6.07, 6.45) is 3.84. The second kappa shape index (κ2) is 10.8. The van der Waals surface area contributed by atoms with E-state index in [2.05, 4.69) is 40.2 Å². The summed E-state index contributed by atoms with van der Waals surface area (Å²) in [4.78, 5) is 11.6. The van der Waals surface area contributed by atoms with Crippen LogP contribution in [0.5, 0.6) is 5.75 Å². The maximum Gasteiger partial charge on any atom is 0.336 e. The zero-order chi connectivity index (χ0) is 18.8. The van der Waals surface area contributed by atoms with E-state index in [4.69, 9.17) is 4.74 Å². The van der Waals surface area contributed by atoms with Crippen LogP contribution < -0.4 is 4.74 Å². The first kappa shape index (κ1) is 20.2. The fourth-order valence-corrected chi connectivity index (χ4v) is 3.40. The third-order valence-corrected chi connectivity index (χ3v) is 4.62. The lowest BCUT2D eigenvalue weighted by molar-refractivity contribution is -0.130. The Morgan fingerprint density at radius 1 is 1.04 bits per heavy atom. The number of carbonyl (C=O) groups is 1. The molecule has 2 aromatic carbocycles. The van der Waals surface area contributed by atoms with E-state index in [1.165, 1.54) is 5.56 Å². The Morgan fingerprint density at radius 3 is 2.35 bits per heavy atom. The topological polar surface area (TPSA) is 46.5 Å². The van der Waals surface area contributed by atoms with Crippen molar-refractivity contribution in [2.75, 3.05) is 11.9 Å². The van der Waals surface area contributed by atoms with Crippen LogP contribution in [0, 0.1) is 0 Å². The highest BCUT2D eigenvalue weighted by molar-refractivity contribution is 9.09. The number of hydrogen-bond acceptors (Lipinski definition) is 2. The zero-order valence-electron chi connectivity index (χ0n) is 15.1. The molecule has 0 aliphatic rings. The highest BCUT2D eigenvalue weighted by Crippen LogP contribution is 2.24. The summed E-state index contributed by atoms with van der Waals surface area (Å²) in [5.74, 6) is -0.116. The van der Waals surface area contributed by atoms with Crippen molar-refractivity contribution in [1.29, 1.82) is 0 Å². The van der Waals surface area contributed by atoms with Gasteiger partial charge in [-0.25, -0.2) is 4.79 Å². The van der Waals surface area contributed by atoms with Crippen LogP contribution in [0.3, 0.4) is 0 Å². The number of allylic oxidation sites excluding steroid dienone is 1. The fourth-order valence-electron chi connectivity index (χ4n) is 2.80. The predicted octanol–water partition coefficient (Wildman–Crippen LogP) is 5.73. The number of halogens is 1. The molecule has 0 saturated carbocycles. The van der Waals surface area contributed by atoms with Gasteiger partial charge in [0.05, 0.1) is 12.2 Å². The average Bonchev–Trinajstić information content (AvgIpc) is 2.63. The van der Waals surface area contributed by atoms with Gasteiger partial charge in [0.1, 0.15) is 5.75 Å². The third-order valence-electron chi connectivity index (χ3n) is 4.22. The molecule has 4 heteroatoms. The van der Waals surface area contributed by atoms with Crippen LogP contribution in [-0.4, -0.2) is 23.0 Å². The Hall–Kier alpha value is -2.07. The molecule has 0 aromatic heterocycles. The van der Waals surface area contributed by atoms with Crippen LogP contribution in [0.15, 0.2) is 60.2 Å². The molecule has 0 heterocycles. The number of rotatable bonds is 10. The van der Waals surface area contributed by atoms with Gasteiger partial charge in [0.25, 0.3) is 0 Å². The molecule has 0 amide bonds. The molecule has 0 aliphatic heterocycles. The summed E-state index contributed by atoms with van der Waals surface area (Å²) in [6, 6.07) is 17.8. The van der Waals surface area contributed by atoms with Gasteiger partial charge in [0, 0.05) is 5.33 Å². The minimum Gasteiger partial charge on any atom is -0.494 e. The molecule has 3 nitrogen and oxygen atoms in total. The van der Waals surface area contributed by atoms with Crippen LogP contribution in [0.4, 0.5) is 0 Å². The number of ether oxygens (including phenoxy) is 1. The Morgan fingerprint density at radius 2 is 1.73 bits per heavy atom. The lowest BCUT2D eigenvalue weighted by Gasteiger charge is -2.10. The molecule has 2 rings (SSSR count). The number of aryl methyl sites for hydroxylation is 1. The number of carboxylic acid groups (broad SMARTS) is 1. The molecule has 0 spiro atoms. The fraction of sp³-hybridized carbons (Fsp3) is 0.318. The molecule has 0 saturated heterocycles. The minimum atomic E-state index is -0.891. The van der Waals surface area contributed by atoms with E-state index in [-0.39, 0.29) is 0 Å². The summed E-state index contributed by atoms with van der Waals surface area (Å²) in [7, 11) is 0. The first-order chi connectivity index (χ1) is 12.6. The molecule has 0 atom stereocenters. The number of hydrogen-bond donors (Lipinski definition) is 1. The standard InChI is InChI=1S/C22H25BrO3/c1-17(14-15-23)21(22(24)25)19-10-12-20(13-11-19)26-16-6-5-9-18-7-3-2-4-8-18/h2-4,7-8,10-13H,5-6,9,14-16H2,1H3,(H,24,25)/b21-17+. The molecular weight excluding hydrogens is 392 g/mol. The summed E-state index contributed by atoms with van der Waals surface area (Å²) in [5.41, 5.74) is 3.30. The van der Waals surface area contributed by atoms with Crippen LogP contribution in [0.2, 0.25) is 0 Å². The molecule has 0 bridgehead atoms. The predicted molar refractivity (Wildman–Crippen MR) is 110 cm³/mol. The van der Waals surface area contributed by atoms with Crippen LogP contribution in [0.1, 0.15) is 37.3 Å². The highest BCUT2D eigenvalue weighted by Gasteiger charge is 2.14. The first-order valence-electron chi connectivity index (χ1n) is 8.88. The van der Waals surface area contributed by atoms with Gasteiger partial charge in [-0.15, -0.1) is 0 Å². The summed E-state index contributed by atoms with van der Waals surface area (Å²) in [6.45, 7) is 2.53. The molecule has 0 fully saturated rings. The number of benzene rings is 2. The molecule has 26 heavy (non-hydrogen) atoms. The second-order valence-corrected chi connectivity index (χ2v) is 7.01. The van der Waals surface area contributed by atoms with Crippen molar-refractivity contribution in [2.24, 2.45) is 0 Å². The van der Waals surface area contributed by atoms with Crippen molar-refractivity contribution >= 4 is 27.5 Å². The average molecular weight is 417 g/mol. The van der Waals surface area contributed by atoms with Crippen molar-refractivity contribution in [1.82, 2.24) is 0 Å². The number of alkyl halides is 1. The van der Waals surface area contributed by atoms with Gasteiger partial charge in [-0.3, -0.25) is 0 Å². The van der Waals surface area contributed by atoms with Gasteiger partial charge in [-0.2, -0.15) is 0 Å². The van der Waals surface area contributed by atoms with Gasteiger partial charge < -0.3 is 9.84 Å². The smallest absolute Gasteiger partial charge is 0.336 e. The van der Waals surface area contributed by atoms with E-state index in [0.717, 1.165) is 35.9 Å². The number of unbranched alkanes of at least 4 members (excludes halogenated alkanes) is 1. The summed E-state index contributed by atoms with van der Waals surface area (Å²) in [5, 5.41) is 10.2. The van der Waals surface area contributed by atoms with E-state index >= 15 is 0 Å². The number of aliphatic carboxylic acids is 1. The van der Waals surface area contributed by atoms with Gasteiger partial charge in [0.15, 0.2) is 0 Å². The lowest BCUT2D eigenvalue weighted by Crippen LogP contribution is -2.04. The summed E-state index contributed by atoms with van der Waals surface area (Å²) >= 11 is 3.36. The number of carboxylic acids is 1.